The number of carbonyl (C=O) groups excluding carboxylic acids is 2. The van der Waals surface area contributed by atoms with Gasteiger partial charge in [0.25, 0.3) is 0 Å². The normalized spacial score (nSPS) is 12.6. The zero-order valence-corrected chi connectivity index (χ0v) is 14.7. The minimum atomic E-state index is -1.65. The molecule has 0 aliphatic rings. The van der Waals surface area contributed by atoms with E-state index in [9.17, 15) is 19.6 Å². The summed E-state index contributed by atoms with van der Waals surface area (Å²) in [5.41, 5.74) is -0.301. The van der Waals surface area contributed by atoms with Gasteiger partial charge in [0.1, 0.15) is 5.54 Å². The van der Waals surface area contributed by atoms with Crippen molar-refractivity contribution in [2.45, 2.75) is 52.0 Å². The number of nitrogens with one attached hydrogen (secondary N) is 2. The van der Waals surface area contributed by atoms with Gasteiger partial charge in [-0.15, -0.1) is 0 Å². The maximum atomic E-state index is 12.4. The fraction of sp³-hybridized carbons (Fsp3) is 0.529. The number of hydrogen-bond acceptors (Lipinski definition) is 4. The van der Waals surface area contributed by atoms with Crippen molar-refractivity contribution in [3.8, 4) is 0 Å². The number of rotatable bonds is 8. The summed E-state index contributed by atoms with van der Waals surface area (Å²) in [6.45, 7) is 7.02. The molecule has 0 saturated heterocycles. The van der Waals surface area contributed by atoms with Gasteiger partial charge in [-0.3, -0.25) is 9.59 Å². The number of hydrogen-bond donors (Lipinski definition) is 4. The maximum Gasteiger partial charge on any atom is 0.475 e. The highest BCUT2D eigenvalue weighted by molar-refractivity contribution is 6.43. The van der Waals surface area contributed by atoms with Crippen LogP contribution in [0.1, 0.15) is 39.7 Å². The Morgan fingerprint density at radius 2 is 1.75 bits per heavy atom. The SMILES string of the molecule is CC(C)C[C@@H](NC(=O)C(C)(C)NC(=O)Cc1ccccc1)B(O)O. The van der Waals surface area contributed by atoms with Gasteiger partial charge in [-0.25, -0.2) is 0 Å². The zero-order chi connectivity index (χ0) is 18.3. The highest BCUT2D eigenvalue weighted by Gasteiger charge is 2.34. The second-order valence-corrected chi connectivity index (χ2v) is 6.96. The standard InChI is InChI=1S/C17H27BN2O4/c1-12(2)10-14(18(23)24)19-16(22)17(3,4)20-15(21)11-13-8-6-5-7-9-13/h5-9,12,14,23-24H,10-11H2,1-4H3,(H,19,22)(H,20,21)/t14-/m1/s1. The van der Waals surface area contributed by atoms with Crippen LogP contribution in [0.3, 0.4) is 0 Å². The van der Waals surface area contributed by atoms with Crippen LogP contribution >= 0.6 is 0 Å². The summed E-state index contributed by atoms with van der Waals surface area (Å²) in [7, 11) is -1.65. The van der Waals surface area contributed by atoms with Crippen LogP contribution < -0.4 is 10.6 Å². The molecular formula is C17H27BN2O4. The summed E-state index contributed by atoms with van der Waals surface area (Å²) < 4.78 is 0. The smallest absolute Gasteiger partial charge is 0.426 e. The van der Waals surface area contributed by atoms with Crippen LogP contribution in [0.4, 0.5) is 0 Å². The molecule has 6 nitrogen and oxygen atoms in total. The van der Waals surface area contributed by atoms with Gasteiger partial charge in [-0.1, -0.05) is 44.2 Å². The Labute approximate surface area is 143 Å². The molecule has 0 aromatic heterocycles. The predicted molar refractivity (Wildman–Crippen MR) is 93.9 cm³/mol. The van der Waals surface area contributed by atoms with Crippen molar-refractivity contribution in [3.63, 3.8) is 0 Å². The van der Waals surface area contributed by atoms with E-state index in [1.807, 2.05) is 44.2 Å². The quantitative estimate of drug-likeness (QED) is 0.525. The largest absolute Gasteiger partial charge is 0.475 e. The minimum Gasteiger partial charge on any atom is -0.426 e. The molecule has 0 fully saturated rings. The molecule has 132 valence electrons. The molecule has 4 N–H and O–H groups in total. The Morgan fingerprint density at radius 3 is 2.25 bits per heavy atom. The van der Waals surface area contributed by atoms with Crippen LogP contribution in [-0.4, -0.2) is 40.5 Å². The lowest BCUT2D eigenvalue weighted by atomic mass is 9.74. The van der Waals surface area contributed by atoms with Gasteiger partial charge in [0.05, 0.1) is 12.4 Å². The van der Waals surface area contributed by atoms with Crippen molar-refractivity contribution in [3.05, 3.63) is 35.9 Å². The van der Waals surface area contributed by atoms with Crippen molar-refractivity contribution < 1.29 is 19.6 Å². The van der Waals surface area contributed by atoms with E-state index in [0.29, 0.717) is 6.42 Å². The molecule has 0 unspecified atom stereocenters. The van der Waals surface area contributed by atoms with E-state index in [1.54, 1.807) is 13.8 Å². The van der Waals surface area contributed by atoms with E-state index in [-0.39, 0.29) is 18.2 Å². The second-order valence-electron chi connectivity index (χ2n) is 6.96. The first-order chi connectivity index (χ1) is 11.1. The molecule has 1 atom stereocenters. The maximum absolute atomic E-state index is 12.4. The summed E-state index contributed by atoms with van der Waals surface area (Å²) in [4.78, 5) is 24.5. The number of benzene rings is 1. The Kier molecular flexibility index (Phi) is 7.44. The lowest BCUT2D eigenvalue weighted by Gasteiger charge is -2.29. The summed E-state index contributed by atoms with van der Waals surface area (Å²) >= 11 is 0. The van der Waals surface area contributed by atoms with Crippen LogP contribution in [0, 0.1) is 5.92 Å². The monoisotopic (exact) mass is 334 g/mol. The molecule has 0 aliphatic carbocycles. The second kappa shape index (κ2) is 8.85. The van der Waals surface area contributed by atoms with E-state index < -0.39 is 24.5 Å². The van der Waals surface area contributed by atoms with Gasteiger partial charge in [-0.2, -0.15) is 0 Å². The van der Waals surface area contributed by atoms with E-state index in [0.717, 1.165) is 5.56 Å². The molecule has 0 bridgehead atoms. The molecule has 2 amide bonds. The molecule has 0 saturated carbocycles. The van der Waals surface area contributed by atoms with Crippen molar-refractivity contribution >= 4 is 18.9 Å². The first-order valence-corrected chi connectivity index (χ1v) is 8.14. The first kappa shape index (κ1) is 20.2. The van der Waals surface area contributed by atoms with E-state index >= 15 is 0 Å². The fourth-order valence-electron chi connectivity index (χ4n) is 2.34. The number of amides is 2. The molecular weight excluding hydrogens is 307 g/mol. The molecule has 0 radical (unpaired) electrons. The topological polar surface area (TPSA) is 98.7 Å². The fourth-order valence-corrected chi connectivity index (χ4v) is 2.34. The molecule has 1 aromatic carbocycles. The van der Waals surface area contributed by atoms with Gasteiger partial charge < -0.3 is 20.7 Å². The third kappa shape index (κ3) is 6.72. The van der Waals surface area contributed by atoms with Crippen LogP contribution in [0.25, 0.3) is 0 Å². The molecule has 0 aliphatic heterocycles. The molecule has 7 heteroatoms. The summed E-state index contributed by atoms with van der Waals surface area (Å²) in [5, 5.41) is 24.1. The lowest BCUT2D eigenvalue weighted by Crippen LogP contribution is -2.59. The average molecular weight is 334 g/mol. The summed E-state index contributed by atoms with van der Waals surface area (Å²) in [6.07, 6.45) is 0.604. The highest BCUT2D eigenvalue weighted by Crippen LogP contribution is 2.10. The lowest BCUT2D eigenvalue weighted by molar-refractivity contribution is -0.132. The first-order valence-electron chi connectivity index (χ1n) is 8.14. The average Bonchev–Trinajstić information content (AvgIpc) is 2.46. The minimum absolute atomic E-state index is 0.176. The van der Waals surface area contributed by atoms with Crippen molar-refractivity contribution in [1.29, 1.82) is 0 Å². The molecule has 24 heavy (non-hydrogen) atoms. The molecule has 1 aromatic rings. The molecule has 0 heterocycles. The predicted octanol–water partition coefficient (Wildman–Crippen LogP) is 0.667. The Bertz CT molecular complexity index is 547. The van der Waals surface area contributed by atoms with E-state index in [1.165, 1.54) is 0 Å². The van der Waals surface area contributed by atoms with Crippen LogP contribution in [-0.2, 0) is 16.0 Å². The third-order valence-electron chi connectivity index (χ3n) is 3.63. The van der Waals surface area contributed by atoms with Gasteiger partial charge in [0.2, 0.25) is 11.8 Å². The Morgan fingerprint density at radius 1 is 1.17 bits per heavy atom. The van der Waals surface area contributed by atoms with Crippen LogP contribution in [0.2, 0.25) is 0 Å². The van der Waals surface area contributed by atoms with E-state index in [4.69, 9.17) is 0 Å². The zero-order valence-electron chi connectivity index (χ0n) is 14.7. The van der Waals surface area contributed by atoms with Crippen LogP contribution in [0.15, 0.2) is 30.3 Å². The summed E-state index contributed by atoms with van der Waals surface area (Å²) in [5.74, 6) is -1.32. The Balaban J connectivity index is 2.65. The van der Waals surface area contributed by atoms with Gasteiger partial charge >= 0.3 is 7.12 Å². The van der Waals surface area contributed by atoms with Crippen molar-refractivity contribution in [2.24, 2.45) is 5.92 Å². The van der Waals surface area contributed by atoms with Crippen molar-refractivity contribution in [2.75, 3.05) is 0 Å². The molecule has 0 spiro atoms. The summed E-state index contributed by atoms with van der Waals surface area (Å²) in [6, 6.07) is 9.24. The van der Waals surface area contributed by atoms with Crippen molar-refractivity contribution in [1.82, 2.24) is 10.6 Å². The molecule has 1 rings (SSSR count). The third-order valence-corrected chi connectivity index (χ3v) is 3.63. The van der Waals surface area contributed by atoms with E-state index in [2.05, 4.69) is 10.6 Å². The van der Waals surface area contributed by atoms with Crippen LogP contribution in [0.5, 0.6) is 0 Å². The highest BCUT2D eigenvalue weighted by atomic mass is 16.4. The Hall–Kier alpha value is -1.86. The number of carbonyl (C=O) groups is 2. The van der Waals surface area contributed by atoms with Gasteiger partial charge in [-0.05, 0) is 31.7 Å². The van der Waals surface area contributed by atoms with Gasteiger partial charge in [0, 0.05) is 0 Å². The van der Waals surface area contributed by atoms with Gasteiger partial charge in [0.15, 0.2) is 0 Å².